The topological polar surface area (TPSA) is 69.4 Å². The standard InChI is InChI=1S/C12H19NO3S/c1-16-8-2-9-17(14,15)10-7-11-3-5-12(13)6-4-11/h3-6H,2,7-10,13H2,1H3. The smallest absolute Gasteiger partial charge is 0.150 e. The molecule has 0 aromatic heterocycles. The maximum Gasteiger partial charge on any atom is 0.150 e. The van der Waals surface area contributed by atoms with Gasteiger partial charge in [0.2, 0.25) is 0 Å². The summed E-state index contributed by atoms with van der Waals surface area (Å²) in [4.78, 5) is 0. The molecule has 1 rings (SSSR count). The number of aryl methyl sites for hydroxylation is 1. The summed E-state index contributed by atoms with van der Waals surface area (Å²) in [5.74, 6) is 0.371. The highest BCUT2D eigenvalue weighted by molar-refractivity contribution is 7.91. The van der Waals surface area contributed by atoms with Gasteiger partial charge in [0.05, 0.1) is 11.5 Å². The molecule has 0 heterocycles. The summed E-state index contributed by atoms with van der Waals surface area (Å²) in [5, 5.41) is 0. The van der Waals surface area contributed by atoms with Crippen molar-refractivity contribution in [1.29, 1.82) is 0 Å². The number of nitrogens with two attached hydrogens (primary N) is 1. The maximum atomic E-state index is 11.7. The van der Waals surface area contributed by atoms with E-state index in [4.69, 9.17) is 10.5 Å². The summed E-state index contributed by atoms with van der Waals surface area (Å²) in [6, 6.07) is 7.29. The van der Waals surface area contributed by atoms with Crippen molar-refractivity contribution in [3.05, 3.63) is 29.8 Å². The van der Waals surface area contributed by atoms with Crippen LogP contribution in [0.3, 0.4) is 0 Å². The van der Waals surface area contributed by atoms with Gasteiger partial charge in [-0.3, -0.25) is 0 Å². The maximum absolute atomic E-state index is 11.7. The number of rotatable bonds is 7. The fourth-order valence-electron chi connectivity index (χ4n) is 1.48. The Morgan fingerprint density at radius 1 is 1.18 bits per heavy atom. The van der Waals surface area contributed by atoms with Crippen LogP contribution in [0.15, 0.2) is 24.3 Å². The summed E-state index contributed by atoms with van der Waals surface area (Å²) < 4.78 is 28.2. The largest absolute Gasteiger partial charge is 0.399 e. The number of ether oxygens (including phenoxy) is 1. The van der Waals surface area contributed by atoms with Crippen molar-refractivity contribution in [2.75, 3.05) is 31.0 Å². The number of nitrogen functional groups attached to an aromatic ring is 1. The van der Waals surface area contributed by atoms with E-state index < -0.39 is 9.84 Å². The summed E-state index contributed by atoms with van der Waals surface area (Å²) in [5.41, 5.74) is 7.24. The molecule has 0 aliphatic heterocycles. The van der Waals surface area contributed by atoms with E-state index >= 15 is 0 Å². The van der Waals surface area contributed by atoms with Crippen LogP contribution in [0.2, 0.25) is 0 Å². The first-order valence-electron chi connectivity index (χ1n) is 5.57. The molecule has 0 fully saturated rings. The van der Waals surface area contributed by atoms with E-state index in [-0.39, 0.29) is 11.5 Å². The molecule has 0 amide bonds. The van der Waals surface area contributed by atoms with Crippen LogP contribution >= 0.6 is 0 Å². The summed E-state index contributed by atoms with van der Waals surface area (Å²) in [6.45, 7) is 0.487. The molecule has 5 heteroatoms. The first kappa shape index (κ1) is 14.0. The normalized spacial score (nSPS) is 11.6. The van der Waals surface area contributed by atoms with Crippen LogP contribution in [-0.2, 0) is 21.0 Å². The molecule has 0 saturated carbocycles. The minimum absolute atomic E-state index is 0.181. The molecule has 0 unspecified atom stereocenters. The molecule has 96 valence electrons. The van der Waals surface area contributed by atoms with Gasteiger partial charge in [-0.1, -0.05) is 12.1 Å². The molecule has 0 spiro atoms. The van der Waals surface area contributed by atoms with E-state index in [2.05, 4.69) is 0 Å². The lowest BCUT2D eigenvalue weighted by Crippen LogP contribution is -2.14. The zero-order valence-electron chi connectivity index (χ0n) is 10.1. The first-order valence-corrected chi connectivity index (χ1v) is 7.39. The Morgan fingerprint density at radius 3 is 2.41 bits per heavy atom. The quantitative estimate of drug-likeness (QED) is 0.590. The average Bonchev–Trinajstić information content (AvgIpc) is 2.29. The van der Waals surface area contributed by atoms with Crippen LogP contribution in [0.5, 0.6) is 0 Å². The Kier molecular flexibility index (Phi) is 5.44. The SMILES string of the molecule is COCCCS(=O)(=O)CCc1ccc(N)cc1. The van der Waals surface area contributed by atoms with Gasteiger partial charge in [-0.15, -0.1) is 0 Å². The van der Waals surface area contributed by atoms with Crippen molar-refractivity contribution in [1.82, 2.24) is 0 Å². The van der Waals surface area contributed by atoms with Gasteiger partial charge >= 0.3 is 0 Å². The van der Waals surface area contributed by atoms with E-state index in [0.717, 1.165) is 5.56 Å². The Balaban J connectivity index is 2.41. The van der Waals surface area contributed by atoms with Crippen LogP contribution < -0.4 is 5.73 Å². The van der Waals surface area contributed by atoms with Crippen molar-refractivity contribution in [3.8, 4) is 0 Å². The van der Waals surface area contributed by atoms with Gasteiger partial charge in [0, 0.05) is 19.4 Å². The zero-order chi connectivity index (χ0) is 12.7. The number of sulfone groups is 1. The Morgan fingerprint density at radius 2 is 1.82 bits per heavy atom. The molecule has 4 nitrogen and oxygen atoms in total. The average molecular weight is 257 g/mol. The highest BCUT2D eigenvalue weighted by Gasteiger charge is 2.10. The van der Waals surface area contributed by atoms with E-state index in [0.29, 0.717) is 25.1 Å². The monoisotopic (exact) mass is 257 g/mol. The second-order valence-electron chi connectivity index (χ2n) is 3.99. The van der Waals surface area contributed by atoms with Crippen molar-refractivity contribution in [2.45, 2.75) is 12.8 Å². The molecular formula is C12H19NO3S. The molecule has 0 atom stereocenters. The molecule has 0 radical (unpaired) electrons. The fraction of sp³-hybridized carbons (Fsp3) is 0.500. The minimum Gasteiger partial charge on any atom is -0.399 e. The third kappa shape index (κ3) is 5.70. The third-order valence-electron chi connectivity index (χ3n) is 2.49. The zero-order valence-corrected chi connectivity index (χ0v) is 10.9. The van der Waals surface area contributed by atoms with E-state index in [9.17, 15) is 8.42 Å². The lowest BCUT2D eigenvalue weighted by atomic mass is 10.2. The van der Waals surface area contributed by atoms with Gasteiger partial charge in [-0.25, -0.2) is 8.42 Å². The number of methoxy groups -OCH3 is 1. The highest BCUT2D eigenvalue weighted by Crippen LogP contribution is 2.07. The molecular weight excluding hydrogens is 238 g/mol. The van der Waals surface area contributed by atoms with Crippen LogP contribution in [0.1, 0.15) is 12.0 Å². The Labute approximate surface area is 103 Å². The lowest BCUT2D eigenvalue weighted by Gasteiger charge is -2.04. The van der Waals surface area contributed by atoms with E-state index in [1.54, 1.807) is 19.2 Å². The molecule has 0 aliphatic carbocycles. The second-order valence-corrected chi connectivity index (χ2v) is 6.29. The number of hydrogen-bond acceptors (Lipinski definition) is 4. The molecule has 1 aromatic rings. The van der Waals surface area contributed by atoms with Gasteiger partial charge in [0.25, 0.3) is 0 Å². The molecule has 0 saturated heterocycles. The fourth-order valence-corrected chi connectivity index (χ4v) is 2.79. The molecule has 0 bridgehead atoms. The predicted molar refractivity (Wildman–Crippen MR) is 69.7 cm³/mol. The molecule has 17 heavy (non-hydrogen) atoms. The van der Waals surface area contributed by atoms with Crippen LogP contribution in [0, 0.1) is 0 Å². The lowest BCUT2D eigenvalue weighted by molar-refractivity contribution is 0.199. The van der Waals surface area contributed by atoms with Crippen molar-refractivity contribution in [3.63, 3.8) is 0 Å². The van der Waals surface area contributed by atoms with E-state index in [1.807, 2.05) is 12.1 Å². The molecule has 1 aromatic carbocycles. The molecule has 2 N–H and O–H groups in total. The summed E-state index contributed by atoms with van der Waals surface area (Å²) >= 11 is 0. The minimum atomic E-state index is -2.97. The Hall–Kier alpha value is -1.07. The van der Waals surface area contributed by atoms with Crippen molar-refractivity contribution in [2.24, 2.45) is 0 Å². The van der Waals surface area contributed by atoms with Gasteiger partial charge in [-0.05, 0) is 30.5 Å². The van der Waals surface area contributed by atoms with Gasteiger partial charge in [-0.2, -0.15) is 0 Å². The second kappa shape index (κ2) is 6.61. The number of anilines is 1. The summed E-state index contributed by atoms with van der Waals surface area (Å²) in [7, 11) is -1.40. The predicted octanol–water partition coefficient (Wildman–Crippen LogP) is 1.26. The Bertz CT molecular complexity index is 426. The third-order valence-corrected chi connectivity index (χ3v) is 4.22. The van der Waals surface area contributed by atoms with E-state index in [1.165, 1.54) is 0 Å². The number of benzene rings is 1. The van der Waals surface area contributed by atoms with Crippen LogP contribution in [0.4, 0.5) is 5.69 Å². The van der Waals surface area contributed by atoms with Crippen LogP contribution in [0.25, 0.3) is 0 Å². The van der Waals surface area contributed by atoms with Gasteiger partial charge < -0.3 is 10.5 Å². The van der Waals surface area contributed by atoms with Gasteiger partial charge in [0.15, 0.2) is 9.84 Å². The van der Waals surface area contributed by atoms with Gasteiger partial charge in [0.1, 0.15) is 0 Å². The summed E-state index contributed by atoms with van der Waals surface area (Å²) in [6.07, 6.45) is 1.09. The first-order chi connectivity index (χ1) is 8.03. The van der Waals surface area contributed by atoms with Crippen LogP contribution in [-0.4, -0.2) is 33.6 Å². The molecule has 0 aliphatic rings. The van der Waals surface area contributed by atoms with Crippen molar-refractivity contribution >= 4 is 15.5 Å². The highest BCUT2D eigenvalue weighted by atomic mass is 32.2. The van der Waals surface area contributed by atoms with Crippen molar-refractivity contribution < 1.29 is 13.2 Å². The number of hydrogen-bond donors (Lipinski definition) is 1.